The van der Waals surface area contributed by atoms with Crippen molar-refractivity contribution < 1.29 is 19.4 Å². The number of hydrogen-bond acceptors (Lipinski definition) is 11. The molecule has 13 nitrogen and oxygen atoms in total. The predicted octanol–water partition coefficient (Wildman–Crippen LogP) is 4.01. The van der Waals surface area contributed by atoms with Gasteiger partial charge < -0.3 is 24.8 Å². The molecule has 0 aliphatic carbocycles. The van der Waals surface area contributed by atoms with Gasteiger partial charge in [0.25, 0.3) is 5.56 Å². The molecule has 3 aromatic heterocycles. The average Bonchev–Trinajstić information content (AvgIpc) is 3.36. The van der Waals surface area contributed by atoms with E-state index in [1.54, 1.807) is 42.8 Å². The second-order valence-electron chi connectivity index (χ2n) is 12.4. The molecule has 5 rings (SSSR count). The number of unbranched alkanes of at least 4 members (excludes halogenated alkanes) is 2. The number of anilines is 3. The van der Waals surface area contributed by atoms with Crippen LogP contribution in [0.1, 0.15) is 45.2 Å². The molecule has 0 spiro atoms. The molecule has 13 heteroatoms. The monoisotopic (exact) mass is 658 g/mol. The first kappa shape index (κ1) is 34.7. The summed E-state index contributed by atoms with van der Waals surface area (Å²) in [5.41, 5.74) is 1.42. The summed E-state index contributed by atoms with van der Waals surface area (Å²) < 4.78 is 13.6. The first-order valence-corrected chi connectivity index (χ1v) is 16.5. The molecule has 48 heavy (non-hydrogen) atoms. The summed E-state index contributed by atoms with van der Waals surface area (Å²) in [6.45, 7) is 13.5. The zero-order valence-electron chi connectivity index (χ0n) is 28.1. The van der Waals surface area contributed by atoms with Crippen molar-refractivity contribution in [2.75, 3.05) is 63.3 Å². The highest BCUT2D eigenvalue weighted by Gasteiger charge is 2.22. The number of carbonyl (C=O) groups excluding carboxylic acids is 1. The third kappa shape index (κ3) is 8.65. The fourth-order valence-electron chi connectivity index (χ4n) is 5.65. The van der Waals surface area contributed by atoms with Gasteiger partial charge in [-0.05, 0) is 63.1 Å². The summed E-state index contributed by atoms with van der Waals surface area (Å²) in [5.74, 6) is 0.644. The zero-order chi connectivity index (χ0) is 34.1. The third-order valence-corrected chi connectivity index (χ3v) is 8.37. The summed E-state index contributed by atoms with van der Waals surface area (Å²) in [4.78, 5) is 43.1. The third-order valence-electron chi connectivity index (χ3n) is 8.37. The number of allylic oxidation sites excluding steroid dienone is 1. The van der Waals surface area contributed by atoms with E-state index >= 15 is 0 Å². The highest BCUT2D eigenvalue weighted by molar-refractivity contribution is 5.77. The van der Waals surface area contributed by atoms with Crippen LogP contribution in [-0.4, -0.2) is 93.3 Å². The number of ether oxygens (including phenoxy) is 2. The summed E-state index contributed by atoms with van der Waals surface area (Å²) in [6.07, 6.45) is 6.40. The van der Waals surface area contributed by atoms with Crippen molar-refractivity contribution in [3.63, 3.8) is 0 Å². The number of pyridine rings is 1. The van der Waals surface area contributed by atoms with Gasteiger partial charge in [-0.25, -0.2) is 19.3 Å². The fourth-order valence-corrected chi connectivity index (χ4v) is 5.65. The lowest BCUT2D eigenvalue weighted by Gasteiger charge is -2.36. The van der Waals surface area contributed by atoms with Gasteiger partial charge in [0.15, 0.2) is 11.5 Å². The number of nitrogens with one attached hydrogen (secondary N) is 1. The van der Waals surface area contributed by atoms with Crippen LogP contribution in [0.4, 0.5) is 17.3 Å². The van der Waals surface area contributed by atoms with Crippen LogP contribution in [0.2, 0.25) is 0 Å². The van der Waals surface area contributed by atoms with E-state index in [0.29, 0.717) is 41.5 Å². The van der Waals surface area contributed by atoms with Crippen LogP contribution >= 0.6 is 0 Å². The molecule has 0 bridgehead atoms. The largest absolute Gasteiger partial charge is 0.469 e. The van der Waals surface area contributed by atoms with Crippen LogP contribution in [-0.2, 0) is 26.4 Å². The summed E-state index contributed by atoms with van der Waals surface area (Å²) in [6, 6.07) is 13.5. The maximum Gasteiger partial charge on any atom is 0.305 e. The number of rotatable bonds is 16. The number of nitrogens with zero attached hydrogens (tertiary/aromatic N) is 7. The lowest BCUT2D eigenvalue weighted by molar-refractivity contribution is -0.140. The van der Waals surface area contributed by atoms with Crippen LogP contribution in [0.3, 0.4) is 0 Å². The molecule has 4 aromatic rings. The van der Waals surface area contributed by atoms with Gasteiger partial charge >= 0.3 is 5.97 Å². The van der Waals surface area contributed by atoms with Gasteiger partial charge in [-0.3, -0.25) is 14.5 Å². The molecule has 1 aromatic carbocycles. The number of benzene rings is 1. The SMILES string of the molecule is C=CCn1c(=O)c2cnc(Nc3ccc(N4CCN(CCOCCCCCC(=O)OC)CC4)cc3)nc2n1-c1cccc(C(C)(C)O)n1. The van der Waals surface area contributed by atoms with E-state index in [2.05, 4.69) is 48.5 Å². The van der Waals surface area contributed by atoms with Gasteiger partial charge in [0.05, 0.1) is 26.0 Å². The van der Waals surface area contributed by atoms with E-state index in [4.69, 9.17) is 9.72 Å². The minimum absolute atomic E-state index is 0.152. The Kier molecular flexibility index (Phi) is 11.6. The van der Waals surface area contributed by atoms with Crippen LogP contribution in [0.15, 0.2) is 66.1 Å². The molecule has 0 atom stereocenters. The Bertz CT molecular complexity index is 1740. The number of esters is 1. The Morgan fingerprint density at radius 2 is 1.81 bits per heavy atom. The van der Waals surface area contributed by atoms with Gasteiger partial charge in [-0.2, -0.15) is 4.98 Å². The van der Waals surface area contributed by atoms with Crippen molar-refractivity contribution in [2.45, 2.75) is 51.7 Å². The summed E-state index contributed by atoms with van der Waals surface area (Å²) in [7, 11) is 1.42. The van der Waals surface area contributed by atoms with E-state index in [9.17, 15) is 14.7 Å². The molecule has 1 aliphatic rings. The second-order valence-corrected chi connectivity index (χ2v) is 12.4. The molecule has 0 saturated carbocycles. The van der Waals surface area contributed by atoms with Gasteiger partial charge in [-0.15, -0.1) is 6.58 Å². The van der Waals surface area contributed by atoms with E-state index in [1.807, 2.05) is 12.1 Å². The Morgan fingerprint density at radius 3 is 2.52 bits per heavy atom. The van der Waals surface area contributed by atoms with Crippen LogP contribution in [0.25, 0.3) is 16.9 Å². The van der Waals surface area contributed by atoms with Crippen molar-refractivity contribution in [3.8, 4) is 5.82 Å². The number of carbonyl (C=O) groups is 1. The van der Waals surface area contributed by atoms with E-state index in [-0.39, 0.29) is 18.1 Å². The van der Waals surface area contributed by atoms with Crippen LogP contribution in [0.5, 0.6) is 0 Å². The number of aromatic nitrogens is 5. The first-order valence-electron chi connectivity index (χ1n) is 16.5. The minimum atomic E-state index is -1.16. The van der Waals surface area contributed by atoms with Crippen molar-refractivity contribution in [1.82, 2.24) is 29.2 Å². The minimum Gasteiger partial charge on any atom is -0.469 e. The number of hydrogen-bond donors (Lipinski definition) is 2. The van der Waals surface area contributed by atoms with Crippen LogP contribution in [0, 0.1) is 0 Å². The lowest BCUT2D eigenvalue weighted by Crippen LogP contribution is -2.47. The highest BCUT2D eigenvalue weighted by atomic mass is 16.5. The molecule has 1 saturated heterocycles. The standard InChI is InChI=1S/C35H46N8O5/c1-5-17-42-33(45)28-25-36-34(39-32(28)43(42)30-11-9-10-29(38-30)35(2,3)46)37-26-13-15-27(16-14-26)41-20-18-40(19-21-41)22-24-48-23-8-6-7-12-31(44)47-4/h5,9-11,13-16,25,46H,1,6-8,12,17-24H2,2-4H3,(H,36,37,39). The smallest absolute Gasteiger partial charge is 0.305 e. The van der Waals surface area contributed by atoms with Crippen molar-refractivity contribution >= 4 is 34.3 Å². The van der Waals surface area contributed by atoms with Crippen molar-refractivity contribution in [1.29, 1.82) is 0 Å². The number of aliphatic hydroxyl groups is 1. The molecule has 1 aliphatic heterocycles. The number of piperazine rings is 1. The summed E-state index contributed by atoms with van der Waals surface area (Å²) in [5, 5.41) is 14.2. The Labute approximate surface area is 280 Å². The molecule has 0 unspecified atom stereocenters. The molecule has 256 valence electrons. The molecular formula is C35H46N8O5. The molecule has 4 heterocycles. The predicted molar refractivity (Wildman–Crippen MR) is 186 cm³/mol. The average molecular weight is 659 g/mol. The van der Waals surface area contributed by atoms with Gasteiger partial charge in [0.1, 0.15) is 11.0 Å². The first-order chi connectivity index (χ1) is 23.2. The molecule has 2 N–H and O–H groups in total. The Balaban J connectivity index is 1.17. The van der Waals surface area contributed by atoms with E-state index < -0.39 is 5.60 Å². The Hall–Kier alpha value is -4.59. The van der Waals surface area contributed by atoms with Crippen molar-refractivity contribution in [3.05, 3.63) is 77.4 Å². The van der Waals surface area contributed by atoms with Gasteiger partial charge in [0.2, 0.25) is 5.95 Å². The number of methoxy groups -OCH3 is 1. The van der Waals surface area contributed by atoms with Crippen LogP contribution < -0.4 is 15.8 Å². The maximum atomic E-state index is 13.3. The Morgan fingerprint density at radius 1 is 1.04 bits per heavy atom. The van der Waals surface area contributed by atoms with E-state index in [1.165, 1.54) is 18.0 Å². The topological polar surface area (TPSA) is 140 Å². The maximum absolute atomic E-state index is 13.3. The molecule has 0 amide bonds. The second kappa shape index (κ2) is 16.0. The van der Waals surface area contributed by atoms with Crippen molar-refractivity contribution in [2.24, 2.45) is 0 Å². The summed E-state index contributed by atoms with van der Waals surface area (Å²) >= 11 is 0. The highest BCUT2D eigenvalue weighted by Crippen LogP contribution is 2.24. The lowest BCUT2D eigenvalue weighted by atomic mass is 10.1. The van der Waals surface area contributed by atoms with Gasteiger partial charge in [0, 0.05) is 63.3 Å². The van der Waals surface area contributed by atoms with E-state index in [0.717, 1.165) is 70.0 Å². The molecule has 0 radical (unpaired) electrons. The number of fused-ring (bicyclic) bond motifs is 1. The molecular weight excluding hydrogens is 612 g/mol. The normalized spacial score (nSPS) is 14.0. The molecule has 1 fully saturated rings. The van der Waals surface area contributed by atoms with Gasteiger partial charge in [-0.1, -0.05) is 18.6 Å². The quantitative estimate of drug-likeness (QED) is 0.103. The zero-order valence-corrected chi connectivity index (χ0v) is 28.1. The fraction of sp³-hybridized carbons (Fsp3) is 0.457.